The van der Waals surface area contributed by atoms with Crippen LogP contribution in [0.3, 0.4) is 0 Å². The lowest BCUT2D eigenvalue weighted by molar-refractivity contribution is 0.686. The second-order valence-electron chi connectivity index (χ2n) is 5.77. The second kappa shape index (κ2) is 6.70. The standard InChI is InChI=1S/C18H23N3/c1-2-19-17-13-16(15-10-6-7-11-15)20-18(21-17)12-14-8-4-3-5-9-14/h3-5,8-9,13,15H,2,6-7,10-12H2,1H3,(H,19,20,21). The summed E-state index contributed by atoms with van der Waals surface area (Å²) in [4.78, 5) is 9.51. The van der Waals surface area contributed by atoms with E-state index in [0.717, 1.165) is 24.6 Å². The number of rotatable bonds is 5. The van der Waals surface area contributed by atoms with Crippen molar-refractivity contribution in [3.8, 4) is 0 Å². The molecule has 3 nitrogen and oxygen atoms in total. The smallest absolute Gasteiger partial charge is 0.135 e. The summed E-state index contributed by atoms with van der Waals surface area (Å²) in [5.41, 5.74) is 2.49. The minimum absolute atomic E-state index is 0.625. The van der Waals surface area contributed by atoms with Gasteiger partial charge in [-0.05, 0) is 25.3 Å². The molecule has 1 fully saturated rings. The molecule has 1 aliphatic rings. The van der Waals surface area contributed by atoms with Gasteiger partial charge in [-0.25, -0.2) is 9.97 Å². The van der Waals surface area contributed by atoms with Gasteiger partial charge in [0.15, 0.2) is 0 Å². The maximum absolute atomic E-state index is 4.84. The van der Waals surface area contributed by atoms with E-state index < -0.39 is 0 Å². The highest BCUT2D eigenvalue weighted by molar-refractivity contribution is 5.38. The zero-order chi connectivity index (χ0) is 14.5. The Morgan fingerprint density at radius 3 is 2.57 bits per heavy atom. The van der Waals surface area contributed by atoms with Crippen LogP contribution in [-0.4, -0.2) is 16.5 Å². The van der Waals surface area contributed by atoms with Crippen LogP contribution in [0.25, 0.3) is 0 Å². The Morgan fingerprint density at radius 1 is 1.10 bits per heavy atom. The van der Waals surface area contributed by atoms with Crippen molar-refractivity contribution in [2.45, 2.75) is 44.9 Å². The zero-order valence-electron chi connectivity index (χ0n) is 12.7. The lowest BCUT2D eigenvalue weighted by atomic mass is 10.0. The van der Waals surface area contributed by atoms with Crippen LogP contribution >= 0.6 is 0 Å². The minimum atomic E-state index is 0.625. The molecule has 0 bridgehead atoms. The van der Waals surface area contributed by atoms with Crippen LogP contribution in [0, 0.1) is 0 Å². The fourth-order valence-corrected chi connectivity index (χ4v) is 3.08. The van der Waals surface area contributed by atoms with Gasteiger partial charge in [-0.15, -0.1) is 0 Å². The first-order valence-corrected chi connectivity index (χ1v) is 8.01. The molecule has 0 amide bonds. The average Bonchev–Trinajstić information content (AvgIpc) is 3.03. The van der Waals surface area contributed by atoms with Gasteiger partial charge < -0.3 is 5.32 Å². The van der Waals surface area contributed by atoms with Crippen molar-refractivity contribution in [2.24, 2.45) is 0 Å². The number of anilines is 1. The molecule has 1 heterocycles. The molecule has 0 unspecified atom stereocenters. The monoisotopic (exact) mass is 281 g/mol. The van der Waals surface area contributed by atoms with Crippen LogP contribution in [0.5, 0.6) is 0 Å². The van der Waals surface area contributed by atoms with Gasteiger partial charge >= 0.3 is 0 Å². The summed E-state index contributed by atoms with van der Waals surface area (Å²) in [6.07, 6.45) is 6.01. The van der Waals surface area contributed by atoms with E-state index >= 15 is 0 Å². The van der Waals surface area contributed by atoms with E-state index in [1.165, 1.54) is 36.9 Å². The summed E-state index contributed by atoms with van der Waals surface area (Å²) in [5.74, 6) is 2.53. The predicted octanol–water partition coefficient (Wildman–Crippen LogP) is 4.16. The molecule has 1 aliphatic carbocycles. The van der Waals surface area contributed by atoms with Crippen molar-refractivity contribution < 1.29 is 0 Å². The number of benzene rings is 1. The second-order valence-corrected chi connectivity index (χ2v) is 5.77. The van der Waals surface area contributed by atoms with E-state index in [1.807, 2.05) is 6.07 Å². The predicted molar refractivity (Wildman–Crippen MR) is 86.7 cm³/mol. The quantitative estimate of drug-likeness (QED) is 0.894. The Morgan fingerprint density at radius 2 is 1.86 bits per heavy atom. The molecule has 1 aromatic carbocycles. The van der Waals surface area contributed by atoms with Gasteiger partial charge in [-0.3, -0.25) is 0 Å². The molecule has 1 N–H and O–H groups in total. The Labute approximate surface area is 126 Å². The van der Waals surface area contributed by atoms with Gasteiger partial charge in [0.2, 0.25) is 0 Å². The molecule has 1 saturated carbocycles. The lowest BCUT2D eigenvalue weighted by Gasteiger charge is -2.13. The maximum Gasteiger partial charge on any atom is 0.135 e. The van der Waals surface area contributed by atoms with E-state index in [4.69, 9.17) is 4.98 Å². The average molecular weight is 281 g/mol. The maximum atomic E-state index is 4.84. The van der Waals surface area contributed by atoms with Crippen LogP contribution in [0.2, 0.25) is 0 Å². The normalized spacial score (nSPS) is 15.3. The van der Waals surface area contributed by atoms with Crippen LogP contribution in [0.1, 0.15) is 55.6 Å². The van der Waals surface area contributed by atoms with Gasteiger partial charge in [0, 0.05) is 30.6 Å². The number of hydrogen-bond acceptors (Lipinski definition) is 3. The van der Waals surface area contributed by atoms with Crippen molar-refractivity contribution in [2.75, 3.05) is 11.9 Å². The van der Waals surface area contributed by atoms with E-state index in [1.54, 1.807) is 0 Å². The van der Waals surface area contributed by atoms with Gasteiger partial charge in [0.05, 0.1) is 0 Å². The molecule has 3 rings (SSSR count). The van der Waals surface area contributed by atoms with Gasteiger partial charge in [-0.2, -0.15) is 0 Å². The molecule has 110 valence electrons. The molecule has 1 aromatic heterocycles. The fraction of sp³-hybridized carbons (Fsp3) is 0.444. The third-order valence-corrected chi connectivity index (χ3v) is 4.13. The van der Waals surface area contributed by atoms with Crippen molar-refractivity contribution in [3.63, 3.8) is 0 Å². The van der Waals surface area contributed by atoms with Crippen molar-refractivity contribution in [1.82, 2.24) is 9.97 Å². The Balaban J connectivity index is 1.87. The van der Waals surface area contributed by atoms with Crippen LogP contribution < -0.4 is 5.32 Å². The number of nitrogens with zero attached hydrogens (tertiary/aromatic N) is 2. The Bertz CT molecular complexity index is 574. The molecule has 0 spiro atoms. The van der Waals surface area contributed by atoms with Crippen LogP contribution in [0.4, 0.5) is 5.82 Å². The van der Waals surface area contributed by atoms with Gasteiger partial charge in [0.1, 0.15) is 11.6 Å². The number of nitrogens with one attached hydrogen (secondary N) is 1. The third-order valence-electron chi connectivity index (χ3n) is 4.13. The minimum Gasteiger partial charge on any atom is -0.370 e. The molecule has 0 atom stereocenters. The molecule has 2 aromatic rings. The summed E-state index contributed by atoms with van der Waals surface area (Å²) < 4.78 is 0. The summed E-state index contributed by atoms with van der Waals surface area (Å²) in [7, 11) is 0. The highest BCUT2D eigenvalue weighted by atomic mass is 15.0. The van der Waals surface area contributed by atoms with Crippen molar-refractivity contribution in [1.29, 1.82) is 0 Å². The van der Waals surface area contributed by atoms with E-state index in [0.29, 0.717) is 5.92 Å². The number of hydrogen-bond donors (Lipinski definition) is 1. The highest BCUT2D eigenvalue weighted by Crippen LogP contribution is 2.33. The van der Waals surface area contributed by atoms with Crippen molar-refractivity contribution >= 4 is 5.82 Å². The third kappa shape index (κ3) is 3.60. The Hall–Kier alpha value is -1.90. The molecular formula is C18H23N3. The first-order valence-electron chi connectivity index (χ1n) is 8.01. The lowest BCUT2D eigenvalue weighted by Crippen LogP contribution is -2.08. The molecule has 0 radical (unpaired) electrons. The van der Waals surface area contributed by atoms with E-state index in [-0.39, 0.29) is 0 Å². The van der Waals surface area contributed by atoms with Crippen molar-refractivity contribution in [3.05, 3.63) is 53.5 Å². The number of aromatic nitrogens is 2. The largest absolute Gasteiger partial charge is 0.370 e. The summed E-state index contributed by atoms with van der Waals surface area (Å²) in [5, 5.41) is 3.35. The van der Waals surface area contributed by atoms with Gasteiger partial charge in [-0.1, -0.05) is 43.2 Å². The van der Waals surface area contributed by atoms with Crippen LogP contribution in [0.15, 0.2) is 36.4 Å². The topological polar surface area (TPSA) is 37.8 Å². The zero-order valence-corrected chi connectivity index (χ0v) is 12.7. The highest BCUT2D eigenvalue weighted by Gasteiger charge is 2.20. The molecular weight excluding hydrogens is 258 g/mol. The van der Waals surface area contributed by atoms with E-state index in [2.05, 4.69) is 47.6 Å². The SMILES string of the molecule is CCNc1cc(C2CCCC2)nc(Cc2ccccc2)n1. The molecule has 0 saturated heterocycles. The fourth-order valence-electron chi connectivity index (χ4n) is 3.08. The van der Waals surface area contributed by atoms with Crippen LogP contribution in [-0.2, 0) is 6.42 Å². The van der Waals surface area contributed by atoms with Gasteiger partial charge in [0.25, 0.3) is 0 Å². The molecule has 21 heavy (non-hydrogen) atoms. The van der Waals surface area contributed by atoms with E-state index in [9.17, 15) is 0 Å². The first kappa shape index (κ1) is 14.1. The molecule has 0 aliphatic heterocycles. The summed E-state index contributed by atoms with van der Waals surface area (Å²) >= 11 is 0. The Kier molecular flexibility index (Phi) is 4.49. The first-order chi connectivity index (χ1) is 10.3. The summed E-state index contributed by atoms with van der Waals surface area (Å²) in [6, 6.07) is 12.6. The summed E-state index contributed by atoms with van der Waals surface area (Å²) in [6.45, 7) is 3.00. The molecule has 3 heteroatoms.